The minimum absolute atomic E-state index is 0. The summed E-state index contributed by atoms with van der Waals surface area (Å²) in [5.41, 5.74) is 7.34. The van der Waals surface area contributed by atoms with E-state index in [1.807, 2.05) is 11.8 Å². The van der Waals surface area contributed by atoms with E-state index in [1.165, 1.54) is 42.1 Å². The zero-order valence-corrected chi connectivity index (χ0v) is 21.6. The van der Waals surface area contributed by atoms with Crippen LogP contribution in [0.15, 0.2) is 84.3 Å². The van der Waals surface area contributed by atoms with Crippen LogP contribution < -0.4 is 24.8 Å². The van der Waals surface area contributed by atoms with Gasteiger partial charge in [-0.3, -0.25) is 0 Å². The molecule has 7 rings (SSSR count). The number of hydrogen-bond acceptors (Lipinski definition) is 1. The molecule has 0 saturated carbocycles. The molecule has 2 aliphatic carbocycles. The van der Waals surface area contributed by atoms with Gasteiger partial charge in [-0.25, -0.2) is 0 Å². The molecule has 0 fully saturated rings. The summed E-state index contributed by atoms with van der Waals surface area (Å²) < 4.78 is 3.66. The van der Waals surface area contributed by atoms with Gasteiger partial charge in [0.25, 0.3) is 0 Å². The third kappa shape index (κ3) is 3.58. The third-order valence-corrected chi connectivity index (χ3v) is 12.6. The van der Waals surface area contributed by atoms with Crippen molar-refractivity contribution in [2.45, 2.75) is 19.3 Å². The van der Waals surface area contributed by atoms with Crippen LogP contribution in [0.2, 0.25) is 0 Å². The number of benzene rings is 3. The van der Waals surface area contributed by atoms with Gasteiger partial charge in [0.05, 0.1) is 0 Å². The summed E-state index contributed by atoms with van der Waals surface area (Å²) in [5.74, 6) is 0.451. The number of halogens is 3. The Kier molecular flexibility index (Phi) is 6.36. The van der Waals surface area contributed by atoms with Gasteiger partial charge in [-0.15, -0.1) is 0 Å². The average Bonchev–Trinajstić information content (AvgIpc) is 3.22. The van der Waals surface area contributed by atoms with Crippen molar-refractivity contribution in [3.63, 3.8) is 0 Å². The second-order valence-electron chi connectivity index (χ2n) is 7.20. The SMILES string of the molecule is BrC1=Cc2ccccc2[CH]1[Zr+2][C]1=Cc2c3cccc2C1c1ccc(cc1)S3.[Cl-].[Cl-]. The fourth-order valence-corrected chi connectivity index (χ4v) is 10.7. The van der Waals surface area contributed by atoms with Gasteiger partial charge in [0.15, 0.2) is 0 Å². The molecule has 0 saturated heterocycles. The second kappa shape index (κ2) is 8.52. The van der Waals surface area contributed by atoms with E-state index in [0.717, 1.165) is 0 Å². The Bertz CT molecular complexity index is 1150. The van der Waals surface area contributed by atoms with Crippen molar-refractivity contribution in [3.8, 4) is 0 Å². The molecule has 0 aromatic heterocycles. The summed E-state index contributed by atoms with van der Waals surface area (Å²) in [6, 6.07) is 25.0. The maximum absolute atomic E-state index is 3.90. The van der Waals surface area contributed by atoms with E-state index in [0.29, 0.717) is 9.54 Å². The minimum atomic E-state index is -0.855. The monoisotopic (exact) mass is 574 g/mol. The van der Waals surface area contributed by atoms with E-state index >= 15 is 0 Å². The Labute approximate surface area is 207 Å². The normalized spacial score (nSPS) is 19.5. The molecule has 0 spiro atoms. The molecule has 2 aliphatic heterocycles. The first-order chi connectivity index (χ1) is 13.3. The van der Waals surface area contributed by atoms with Crippen molar-refractivity contribution in [2.24, 2.45) is 0 Å². The fraction of sp³-hybridized carbons (Fsp3) is 0.0833. The molecule has 4 aliphatic rings. The molecule has 2 unspecified atom stereocenters. The Balaban J connectivity index is 0.00000102. The van der Waals surface area contributed by atoms with Gasteiger partial charge < -0.3 is 24.8 Å². The van der Waals surface area contributed by atoms with E-state index in [1.54, 1.807) is 3.28 Å². The molecule has 0 N–H and O–H groups in total. The molecular formula is C24H15BrCl2SZr. The topological polar surface area (TPSA) is 0 Å². The second-order valence-corrected chi connectivity index (χ2v) is 12.8. The van der Waals surface area contributed by atoms with Crippen LogP contribution >= 0.6 is 27.7 Å². The van der Waals surface area contributed by atoms with Crippen LogP contribution in [-0.2, 0) is 23.2 Å². The minimum Gasteiger partial charge on any atom is -1.00 e. The van der Waals surface area contributed by atoms with E-state index < -0.39 is 23.2 Å². The van der Waals surface area contributed by atoms with Crippen LogP contribution in [0.1, 0.15) is 37.4 Å². The Morgan fingerprint density at radius 3 is 2.38 bits per heavy atom. The Morgan fingerprint density at radius 1 is 0.793 bits per heavy atom. The number of allylic oxidation sites excluding steroid dienone is 2. The standard InChI is InChI=1S/C15H9S.C9H6Br.2ClH.Zr/c1-2-13-12-8-9-14(13)15(3-1)16-11-6-4-10(12)5-7-11;10-9-5-7-3-1-2-4-8(7)6-9;;;/h1-7,9,12H;1-6H;2*1H;/q;;;;+2/p-2. The fourth-order valence-electron chi connectivity index (χ4n) is 4.40. The van der Waals surface area contributed by atoms with Crippen LogP contribution in [0.4, 0.5) is 0 Å². The molecule has 29 heavy (non-hydrogen) atoms. The maximum Gasteiger partial charge on any atom is -1.00 e. The van der Waals surface area contributed by atoms with Crippen molar-refractivity contribution in [3.05, 3.63) is 102 Å². The van der Waals surface area contributed by atoms with Crippen LogP contribution in [0.5, 0.6) is 0 Å². The zero-order chi connectivity index (χ0) is 18.0. The zero-order valence-electron chi connectivity index (χ0n) is 15.2. The first-order valence-electron chi connectivity index (χ1n) is 9.13. The Morgan fingerprint density at radius 2 is 1.55 bits per heavy atom. The first-order valence-corrected chi connectivity index (χ1v) is 13.4. The van der Waals surface area contributed by atoms with E-state index in [9.17, 15) is 0 Å². The molecule has 6 bridgehead atoms. The van der Waals surface area contributed by atoms with Gasteiger partial charge >= 0.3 is 185 Å². The molecule has 0 radical (unpaired) electrons. The van der Waals surface area contributed by atoms with Gasteiger partial charge in [0.2, 0.25) is 0 Å². The summed E-state index contributed by atoms with van der Waals surface area (Å²) in [4.78, 5) is 2.74. The van der Waals surface area contributed by atoms with Crippen LogP contribution in [-0.4, -0.2) is 0 Å². The largest absolute Gasteiger partial charge is 1.00 e. The summed E-state index contributed by atoms with van der Waals surface area (Å²) in [7, 11) is 0. The summed E-state index contributed by atoms with van der Waals surface area (Å²) >= 11 is 4.95. The average molecular weight is 577 g/mol. The smallest absolute Gasteiger partial charge is 1.00 e. The van der Waals surface area contributed by atoms with Crippen molar-refractivity contribution >= 4 is 39.8 Å². The van der Waals surface area contributed by atoms with Gasteiger partial charge in [-0.05, 0) is 0 Å². The molecule has 0 nitrogen and oxygen atoms in total. The van der Waals surface area contributed by atoms with Gasteiger partial charge in [0.1, 0.15) is 0 Å². The number of rotatable bonds is 2. The van der Waals surface area contributed by atoms with Crippen molar-refractivity contribution in [2.75, 3.05) is 0 Å². The van der Waals surface area contributed by atoms with Crippen molar-refractivity contribution < 1.29 is 48.0 Å². The molecule has 2 atom stereocenters. The summed E-state index contributed by atoms with van der Waals surface area (Å²) in [5, 5.41) is 0. The molecule has 0 amide bonds. The molecule has 5 heteroatoms. The van der Waals surface area contributed by atoms with Crippen molar-refractivity contribution in [1.29, 1.82) is 0 Å². The molecule has 2 heterocycles. The maximum atomic E-state index is 3.90. The molecular weight excluding hydrogens is 562 g/mol. The van der Waals surface area contributed by atoms with Gasteiger partial charge in [0, 0.05) is 0 Å². The van der Waals surface area contributed by atoms with E-state index in [-0.39, 0.29) is 24.8 Å². The molecule has 3 aromatic rings. The van der Waals surface area contributed by atoms with Gasteiger partial charge in [-0.2, -0.15) is 0 Å². The summed E-state index contributed by atoms with van der Waals surface area (Å²) in [6.45, 7) is 0. The number of hydrogen-bond donors (Lipinski definition) is 0. The van der Waals surface area contributed by atoms with Crippen LogP contribution in [0.3, 0.4) is 0 Å². The molecule has 3 aromatic carbocycles. The van der Waals surface area contributed by atoms with E-state index in [2.05, 4.69) is 94.8 Å². The quantitative estimate of drug-likeness (QED) is 0.442. The third-order valence-electron chi connectivity index (χ3n) is 5.65. The van der Waals surface area contributed by atoms with E-state index in [4.69, 9.17) is 0 Å². The first kappa shape index (κ1) is 21.7. The number of fused-ring (bicyclic) bond motifs is 3. The van der Waals surface area contributed by atoms with Gasteiger partial charge in [-0.1, -0.05) is 0 Å². The predicted octanol–water partition coefficient (Wildman–Crippen LogP) is 1.22. The summed E-state index contributed by atoms with van der Waals surface area (Å²) in [6.07, 6.45) is 4.88. The Hall–Kier alpha value is -0.567. The molecule has 142 valence electrons. The van der Waals surface area contributed by atoms with Crippen LogP contribution in [0, 0.1) is 0 Å². The van der Waals surface area contributed by atoms with Crippen molar-refractivity contribution in [1.82, 2.24) is 0 Å². The van der Waals surface area contributed by atoms with Crippen LogP contribution in [0.25, 0.3) is 12.2 Å². The predicted molar refractivity (Wildman–Crippen MR) is 113 cm³/mol.